The number of amides is 1. The van der Waals surface area contributed by atoms with Gasteiger partial charge in [-0.2, -0.15) is 0 Å². The molecule has 2 aromatic rings. The van der Waals surface area contributed by atoms with E-state index in [1.165, 1.54) is 37.5 Å². The van der Waals surface area contributed by atoms with E-state index in [2.05, 4.69) is 10.0 Å². The van der Waals surface area contributed by atoms with Crippen LogP contribution in [0.3, 0.4) is 0 Å². The van der Waals surface area contributed by atoms with Crippen LogP contribution >= 0.6 is 0 Å². The fourth-order valence-corrected chi connectivity index (χ4v) is 3.24. The second-order valence-corrected chi connectivity index (χ2v) is 8.99. The van der Waals surface area contributed by atoms with Gasteiger partial charge in [-0.05, 0) is 58.0 Å². The number of furan rings is 1. The summed E-state index contributed by atoms with van der Waals surface area (Å²) in [5, 5.41) is 2.71. The van der Waals surface area contributed by atoms with Crippen molar-refractivity contribution in [3.8, 4) is 0 Å². The highest BCUT2D eigenvalue weighted by atomic mass is 32.2. The molecule has 0 radical (unpaired) electrons. The molecular weight excluding hydrogens is 384 g/mol. The van der Waals surface area contributed by atoms with E-state index in [9.17, 15) is 18.0 Å². The second kappa shape index (κ2) is 8.57. The van der Waals surface area contributed by atoms with Crippen LogP contribution < -0.4 is 10.0 Å². The average Bonchev–Trinajstić information content (AvgIpc) is 3.12. The van der Waals surface area contributed by atoms with E-state index in [1.807, 2.05) is 20.8 Å². The van der Waals surface area contributed by atoms with Crippen LogP contribution in [0.5, 0.6) is 0 Å². The Morgan fingerprint density at radius 1 is 1.18 bits per heavy atom. The van der Waals surface area contributed by atoms with E-state index < -0.39 is 33.5 Å². The van der Waals surface area contributed by atoms with Gasteiger partial charge in [-0.1, -0.05) is 6.07 Å². The molecule has 1 aromatic heterocycles. The van der Waals surface area contributed by atoms with Crippen LogP contribution in [-0.4, -0.2) is 31.9 Å². The zero-order chi connectivity index (χ0) is 20.9. The Morgan fingerprint density at radius 3 is 2.50 bits per heavy atom. The summed E-state index contributed by atoms with van der Waals surface area (Å²) in [6.45, 7) is 6.86. The summed E-state index contributed by atoms with van der Waals surface area (Å²) in [6, 6.07) is 8.69. The Balaban J connectivity index is 2.07. The number of nitrogens with one attached hydrogen (secondary N) is 2. The third kappa shape index (κ3) is 6.21. The van der Waals surface area contributed by atoms with Crippen LogP contribution in [0.4, 0.5) is 0 Å². The number of esters is 1. The molecular formula is C19H24N2O6S. The van der Waals surface area contributed by atoms with Crippen LogP contribution in [0.2, 0.25) is 0 Å². The van der Waals surface area contributed by atoms with Crippen LogP contribution in [0.25, 0.3) is 0 Å². The van der Waals surface area contributed by atoms with Gasteiger partial charge in [0.15, 0.2) is 6.10 Å². The number of sulfonamides is 1. The zero-order valence-electron chi connectivity index (χ0n) is 16.2. The van der Waals surface area contributed by atoms with Crippen LogP contribution in [-0.2, 0) is 26.1 Å². The molecule has 1 amide bonds. The Hall–Kier alpha value is -2.65. The molecule has 2 N–H and O–H groups in total. The highest BCUT2D eigenvalue weighted by Gasteiger charge is 2.24. The molecule has 0 saturated carbocycles. The van der Waals surface area contributed by atoms with Crippen LogP contribution in [0.1, 0.15) is 43.8 Å². The van der Waals surface area contributed by atoms with E-state index in [4.69, 9.17) is 9.15 Å². The normalized spacial score (nSPS) is 13.0. The van der Waals surface area contributed by atoms with Crippen LogP contribution in [0, 0.1) is 0 Å². The minimum absolute atomic E-state index is 0.0198. The van der Waals surface area contributed by atoms with Gasteiger partial charge in [-0.25, -0.2) is 17.9 Å². The molecule has 0 aliphatic rings. The topological polar surface area (TPSA) is 115 Å². The third-order valence-electron chi connectivity index (χ3n) is 3.55. The summed E-state index contributed by atoms with van der Waals surface area (Å²) in [5.74, 6) is -0.776. The van der Waals surface area contributed by atoms with Crippen molar-refractivity contribution in [2.24, 2.45) is 0 Å². The van der Waals surface area contributed by atoms with Crippen LogP contribution in [0.15, 0.2) is 52.0 Å². The lowest BCUT2D eigenvalue weighted by Crippen LogP contribution is -2.46. The van der Waals surface area contributed by atoms with E-state index in [0.717, 1.165) is 0 Å². The first-order valence-corrected chi connectivity index (χ1v) is 10.1. The van der Waals surface area contributed by atoms with Gasteiger partial charge in [0.1, 0.15) is 5.76 Å². The van der Waals surface area contributed by atoms with Crippen molar-refractivity contribution in [2.45, 2.75) is 50.8 Å². The molecule has 28 heavy (non-hydrogen) atoms. The number of rotatable bonds is 7. The number of carbonyl (C=O) groups is 2. The lowest BCUT2D eigenvalue weighted by Gasteiger charge is -2.23. The van der Waals surface area contributed by atoms with Gasteiger partial charge in [0, 0.05) is 5.54 Å². The monoisotopic (exact) mass is 408 g/mol. The summed E-state index contributed by atoms with van der Waals surface area (Å²) in [6.07, 6.45) is 0.418. The zero-order valence-corrected chi connectivity index (χ0v) is 17.0. The molecule has 1 aromatic carbocycles. The Bertz CT molecular complexity index is 930. The van der Waals surface area contributed by atoms with E-state index in [1.54, 1.807) is 12.1 Å². The molecule has 0 bridgehead atoms. The summed E-state index contributed by atoms with van der Waals surface area (Å²) in [4.78, 5) is 24.3. The maximum atomic E-state index is 12.4. The largest absolute Gasteiger partial charge is 0.468 e. The van der Waals surface area contributed by atoms with Crippen molar-refractivity contribution in [3.05, 3.63) is 54.0 Å². The standard InChI is InChI=1S/C19H24N2O6S/c1-13(17(22)21-19(2,3)4)27-18(23)14-7-5-9-16(11-14)28(24,25)20-12-15-8-6-10-26-15/h5-11,13,20H,12H2,1-4H3,(H,21,22). The van der Waals surface area contributed by atoms with Crippen molar-refractivity contribution < 1.29 is 27.2 Å². The Labute approximate surface area is 164 Å². The first-order valence-electron chi connectivity index (χ1n) is 8.63. The van der Waals surface area contributed by atoms with E-state index >= 15 is 0 Å². The van der Waals surface area contributed by atoms with Crippen molar-refractivity contribution in [1.29, 1.82) is 0 Å². The van der Waals surface area contributed by atoms with Crippen molar-refractivity contribution in [3.63, 3.8) is 0 Å². The fourth-order valence-electron chi connectivity index (χ4n) is 2.21. The predicted octanol–water partition coefficient (Wildman–Crippen LogP) is 2.22. The van der Waals surface area contributed by atoms with Gasteiger partial charge in [0.25, 0.3) is 5.91 Å². The fraction of sp³-hybridized carbons (Fsp3) is 0.368. The SMILES string of the molecule is CC(OC(=O)c1cccc(S(=O)(=O)NCc2ccco2)c1)C(=O)NC(C)(C)C. The molecule has 1 unspecified atom stereocenters. The molecule has 0 aliphatic carbocycles. The minimum Gasteiger partial charge on any atom is -0.468 e. The highest BCUT2D eigenvalue weighted by molar-refractivity contribution is 7.89. The lowest BCUT2D eigenvalue weighted by atomic mass is 10.1. The maximum Gasteiger partial charge on any atom is 0.338 e. The summed E-state index contributed by atoms with van der Waals surface area (Å²) >= 11 is 0. The molecule has 0 fully saturated rings. The minimum atomic E-state index is -3.86. The smallest absolute Gasteiger partial charge is 0.338 e. The molecule has 152 valence electrons. The Kier molecular flexibility index (Phi) is 6.63. The molecule has 8 nitrogen and oxygen atoms in total. The molecule has 1 atom stereocenters. The van der Waals surface area contributed by atoms with Crippen molar-refractivity contribution in [1.82, 2.24) is 10.0 Å². The van der Waals surface area contributed by atoms with Crippen molar-refractivity contribution in [2.75, 3.05) is 0 Å². The van der Waals surface area contributed by atoms with Gasteiger partial charge >= 0.3 is 5.97 Å². The summed E-state index contributed by atoms with van der Waals surface area (Å²) in [7, 11) is -3.86. The lowest BCUT2D eigenvalue weighted by molar-refractivity contribution is -0.130. The first kappa shape index (κ1) is 21.6. The molecule has 9 heteroatoms. The van der Waals surface area contributed by atoms with Crippen molar-refractivity contribution >= 4 is 21.9 Å². The predicted molar refractivity (Wildman–Crippen MR) is 102 cm³/mol. The summed E-state index contributed by atoms with van der Waals surface area (Å²) in [5.41, 5.74) is -0.443. The van der Waals surface area contributed by atoms with Gasteiger partial charge in [0.05, 0.1) is 23.3 Å². The first-order chi connectivity index (χ1) is 13.0. The van der Waals surface area contributed by atoms with E-state index in [-0.39, 0.29) is 17.0 Å². The number of benzene rings is 1. The number of ether oxygens (including phenoxy) is 1. The molecule has 2 rings (SSSR count). The average molecular weight is 408 g/mol. The van der Waals surface area contributed by atoms with Gasteiger partial charge in [-0.15, -0.1) is 0 Å². The molecule has 1 heterocycles. The molecule has 0 saturated heterocycles. The van der Waals surface area contributed by atoms with Gasteiger partial charge < -0.3 is 14.5 Å². The number of hydrogen-bond acceptors (Lipinski definition) is 6. The summed E-state index contributed by atoms with van der Waals surface area (Å²) < 4.78 is 37.5. The second-order valence-electron chi connectivity index (χ2n) is 7.22. The molecule has 0 aliphatic heterocycles. The maximum absolute atomic E-state index is 12.4. The van der Waals surface area contributed by atoms with E-state index in [0.29, 0.717) is 5.76 Å². The number of hydrogen-bond donors (Lipinski definition) is 2. The molecule has 0 spiro atoms. The highest BCUT2D eigenvalue weighted by Crippen LogP contribution is 2.14. The third-order valence-corrected chi connectivity index (χ3v) is 4.95. The Morgan fingerprint density at radius 2 is 1.89 bits per heavy atom. The number of carbonyl (C=O) groups excluding carboxylic acids is 2. The van der Waals surface area contributed by atoms with Gasteiger partial charge in [0.2, 0.25) is 10.0 Å². The quantitative estimate of drug-likeness (QED) is 0.679. The van der Waals surface area contributed by atoms with Gasteiger partial charge in [-0.3, -0.25) is 4.79 Å².